The van der Waals surface area contributed by atoms with E-state index >= 15 is 0 Å². The van der Waals surface area contributed by atoms with Crippen LogP contribution in [0.1, 0.15) is 44.8 Å². The van der Waals surface area contributed by atoms with Crippen molar-refractivity contribution in [2.24, 2.45) is 11.7 Å². The van der Waals surface area contributed by atoms with Crippen LogP contribution >= 0.6 is 0 Å². The molecule has 2 rings (SSSR count). The minimum absolute atomic E-state index is 0.0803. The van der Waals surface area contributed by atoms with Crippen LogP contribution in [-0.2, 0) is 5.54 Å². The van der Waals surface area contributed by atoms with Crippen molar-refractivity contribution in [3.63, 3.8) is 0 Å². The van der Waals surface area contributed by atoms with Crippen molar-refractivity contribution in [1.29, 1.82) is 5.26 Å². The van der Waals surface area contributed by atoms with Gasteiger partial charge in [-0.1, -0.05) is 19.1 Å². The topological polar surface area (TPSA) is 80.5 Å². The van der Waals surface area contributed by atoms with Crippen LogP contribution in [0.4, 0.5) is 0 Å². The zero-order valence-electron chi connectivity index (χ0n) is 9.72. The molecule has 1 aliphatic rings. The number of hydrogen-bond acceptors (Lipinski definition) is 4. The predicted molar refractivity (Wildman–Crippen MR) is 59.2 cm³/mol. The first-order chi connectivity index (χ1) is 7.57. The van der Waals surface area contributed by atoms with Crippen molar-refractivity contribution in [3.05, 3.63) is 11.9 Å². The van der Waals surface area contributed by atoms with Gasteiger partial charge in [0.1, 0.15) is 0 Å². The Bertz CT molecular complexity index is 410. The molecule has 0 aromatic carbocycles. The summed E-state index contributed by atoms with van der Waals surface area (Å²) in [5.74, 6) is 0.533. The molecule has 0 unspecified atom stereocenters. The van der Waals surface area contributed by atoms with E-state index < -0.39 is 5.54 Å². The molecule has 0 radical (unpaired) electrons. The quantitative estimate of drug-likeness (QED) is 0.828. The molecule has 1 aromatic heterocycles. The summed E-state index contributed by atoms with van der Waals surface area (Å²) >= 11 is 0. The van der Waals surface area contributed by atoms with Crippen LogP contribution < -0.4 is 5.73 Å². The second-order valence-corrected chi connectivity index (χ2v) is 4.97. The predicted octanol–water partition coefficient (Wildman–Crippen LogP) is 1.34. The molecule has 1 fully saturated rings. The molecule has 5 heteroatoms. The highest BCUT2D eigenvalue weighted by Crippen LogP contribution is 2.42. The SMILES string of the molecule is CC(C)C[C@H](N)c1cn(C2(C#N)CC2)nn1. The van der Waals surface area contributed by atoms with Crippen molar-refractivity contribution < 1.29 is 0 Å². The van der Waals surface area contributed by atoms with Crippen molar-refractivity contribution in [3.8, 4) is 6.07 Å². The molecule has 1 aliphatic carbocycles. The molecule has 0 bridgehead atoms. The second-order valence-electron chi connectivity index (χ2n) is 4.97. The average molecular weight is 219 g/mol. The lowest BCUT2D eigenvalue weighted by molar-refractivity contribution is 0.501. The molecular formula is C11H17N5. The van der Waals surface area contributed by atoms with Gasteiger partial charge in [-0.3, -0.25) is 0 Å². The molecule has 86 valence electrons. The Hall–Kier alpha value is -1.41. The smallest absolute Gasteiger partial charge is 0.150 e. The van der Waals surface area contributed by atoms with E-state index in [0.717, 1.165) is 25.0 Å². The maximum atomic E-state index is 9.03. The Morgan fingerprint density at radius 1 is 1.62 bits per heavy atom. The first kappa shape index (κ1) is 11.1. The van der Waals surface area contributed by atoms with Crippen LogP contribution in [0.2, 0.25) is 0 Å². The third-order valence-corrected chi connectivity index (χ3v) is 2.99. The summed E-state index contributed by atoms with van der Waals surface area (Å²) < 4.78 is 1.67. The number of rotatable bonds is 4. The first-order valence-electron chi connectivity index (χ1n) is 5.67. The number of aromatic nitrogens is 3. The van der Waals surface area contributed by atoms with Gasteiger partial charge < -0.3 is 5.73 Å². The van der Waals surface area contributed by atoms with E-state index in [4.69, 9.17) is 11.0 Å². The summed E-state index contributed by atoms with van der Waals surface area (Å²) in [5.41, 5.74) is 6.38. The molecular weight excluding hydrogens is 202 g/mol. The molecule has 0 saturated heterocycles. The van der Waals surface area contributed by atoms with Crippen LogP contribution in [0.5, 0.6) is 0 Å². The Balaban J connectivity index is 2.11. The van der Waals surface area contributed by atoms with Gasteiger partial charge in [-0.05, 0) is 25.2 Å². The molecule has 2 N–H and O–H groups in total. The summed E-state index contributed by atoms with van der Waals surface area (Å²) in [5, 5.41) is 17.1. The van der Waals surface area contributed by atoms with Crippen molar-refractivity contribution in [1.82, 2.24) is 15.0 Å². The van der Waals surface area contributed by atoms with Crippen LogP contribution in [-0.4, -0.2) is 15.0 Å². The van der Waals surface area contributed by atoms with Gasteiger partial charge in [-0.15, -0.1) is 5.10 Å². The largest absolute Gasteiger partial charge is 0.323 e. The van der Waals surface area contributed by atoms with Gasteiger partial charge >= 0.3 is 0 Å². The van der Waals surface area contributed by atoms with Crippen LogP contribution in [0.25, 0.3) is 0 Å². The fourth-order valence-corrected chi connectivity index (χ4v) is 1.79. The summed E-state index contributed by atoms with van der Waals surface area (Å²) in [7, 11) is 0. The lowest BCUT2D eigenvalue weighted by atomic mass is 10.0. The van der Waals surface area contributed by atoms with E-state index in [2.05, 4.69) is 30.2 Å². The molecule has 5 nitrogen and oxygen atoms in total. The number of hydrogen-bond donors (Lipinski definition) is 1. The molecule has 1 atom stereocenters. The monoisotopic (exact) mass is 219 g/mol. The molecule has 0 amide bonds. The molecule has 1 aromatic rings. The summed E-state index contributed by atoms with van der Waals surface area (Å²) in [6, 6.07) is 2.20. The highest BCUT2D eigenvalue weighted by atomic mass is 15.5. The zero-order chi connectivity index (χ0) is 11.8. The molecule has 0 spiro atoms. The summed E-state index contributed by atoms with van der Waals surface area (Å²) in [6.45, 7) is 4.25. The van der Waals surface area contributed by atoms with Crippen molar-refractivity contribution in [2.45, 2.75) is 44.7 Å². The maximum absolute atomic E-state index is 9.03. The van der Waals surface area contributed by atoms with E-state index in [-0.39, 0.29) is 6.04 Å². The third-order valence-electron chi connectivity index (χ3n) is 2.99. The van der Waals surface area contributed by atoms with Gasteiger partial charge in [0.2, 0.25) is 0 Å². The van der Waals surface area contributed by atoms with E-state index in [0.29, 0.717) is 5.92 Å². The van der Waals surface area contributed by atoms with Gasteiger partial charge in [-0.2, -0.15) is 5.26 Å². The third kappa shape index (κ3) is 1.93. The standard InChI is InChI=1S/C11H17N5/c1-8(2)5-9(13)10-6-16(15-14-10)11(7-12)3-4-11/h6,8-9H,3-5,13H2,1-2H3/t9-/m0/s1. The fraction of sp³-hybridized carbons (Fsp3) is 0.727. The van der Waals surface area contributed by atoms with Crippen LogP contribution in [0, 0.1) is 17.2 Å². The van der Waals surface area contributed by atoms with E-state index in [9.17, 15) is 0 Å². The van der Waals surface area contributed by atoms with Gasteiger partial charge in [0, 0.05) is 0 Å². The lowest BCUT2D eigenvalue weighted by Crippen LogP contribution is -2.15. The van der Waals surface area contributed by atoms with Crippen LogP contribution in [0.3, 0.4) is 0 Å². The highest BCUT2D eigenvalue weighted by molar-refractivity contribution is 5.16. The Labute approximate surface area is 95.2 Å². The Kier molecular flexibility index (Phi) is 2.68. The number of nitriles is 1. The van der Waals surface area contributed by atoms with Crippen molar-refractivity contribution in [2.75, 3.05) is 0 Å². The summed E-state index contributed by atoms with van der Waals surface area (Å²) in [4.78, 5) is 0. The Morgan fingerprint density at radius 2 is 2.31 bits per heavy atom. The first-order valence-corrected chi connectivity index (χ1v) is 5.67. The minimum Gasteiger partial charge on any atom is -0.323 e. The number of nitrogens with zero attached hydrogens (tertiary/aromatic N) is 4. The van der Waals surface area contributed by atoms with E-state index in [1.54, 1.807) is 4.68 Å². The van der Waals surface area contributed by atoms with E-state index in [1.165, 1.54) is 0 Å². The van der Waals surface area contributed by atoms with Gasteiger partial charge in [0.25, 0.3) is 0 Å². The summed E-state index contributed by atoms with van der Waals surface area (Å²) in [6.07, 6.45) is 4.44. The molecule has 1 heterocycles. The van der Waals surface area contributed by atoms with Gasteiger partial charge in [0.15, 0.2) is 5.54 Å². The normalized spacial score (nSPS) is 19.4. The van der Waals surface area contributed by atoms with Gasteiger partial charge in [-0.25, -0.2) is 4.68 Å². The molecule has 0 aliphatic heterocycles. The number of nitrogens with two attached hydrogens (primary N) is 1. The van der Waals surface area contributed by atoms with Gasteiger partial charge in [0.05, 0.1) is 24.0 Å². The zero-order valence-corrected chi connectivity index (χ0v) is 9.72. The van der Waals surface area contributed by atoms with Crippen molar-refractivity contribution >= 4 is 0 Å². The highest BCUT2D eigenvalue weighted by Gasteiger charge is 2.46. The lowest BCUT2D eigenvalue weighted by Gasteiger charge is -2.10. The maximum Gasteiger partial charge on any atom is 0.150 e. The average Bonchev–Trinajstić information content (AvgIpc) is 2.87. The molecule has 16 heavy (non-hydrogen) atoms. The molecule has 1 saturated carbocycles. The van der Waals surface area contributed by atoms with E-state index in [1.807, 2.05) is 6.20 Å². The second kappa shape index (κ2) is 3.87. The fourth-order valence-electron chi connectivity index (χ4n) is 1.79. The Morgan fingerprint density at radius 3 is 2.81 bits per heavy atom. The minimum atomic E-state index is -0.428. The van der Waals surface area contributed by atoms with Crippen LogP contribution in [0.15, 0.2) is 6.20 Å².